The third kappa shape index (κ3) is 3.22. The van der Waals surface area contributed by atoms with Gasteiger partial charge in [0, 0.05) is 45.3 Å². The maximum absolute atomic E-state index is 12.4. The van der Waals surface area contributed by atoms with E-state index in [-0.39, 0.29) is 22.4 Å². The molecule has 2 heterocycles. The largest absolute Gasteiger partial charge is 0.363 e. The minimum atomic E-state index is -0.357. The molecule has 0 radical (unpaired) electrons. The first-order valence-electron chi connectivity index (χ1n) is 9.22. The number of amides is 2. The van der Waals surface area contributed by atoms with Crippen molar-refractivity contribution < 1.29 is 14.5 Å². The predicted octanol–water partition coefficient (Wildman–Crippen LogP) is 2.01. The van der Waals surface area contributed by atoms with Gasteiger partial charge in [0.05, 0.1) is 16.1 Å². The van der Waals surface area contributed by atoms with Crippen LogP contribution in [-0.4, -0.2) is 65.8 Å². The third-order valence-electron chi connectivity index (χ3n) is 5.31. The van der Waals surface area contributed by atoms with Gasteiger partial charge in [-0.2, -0.15) is 0 Å². The number of imide groups is 1. The average molecular weight is 380 g/mol. The van der Waals surface area contributed by atoms with Crippen molar-refractivity contribution in [1.29, 1.82) is 0 Å². The summed E-state index contributed by atoms with van der Waals surface area (Å²) in [6, 6.07) is 13.6. The molecule has 2 aromatic rings. The molecule has 0 saturated carbocycles. The summed E-state index contributed by atoms with van der Waals surface area (Å²) in [5, 5.41) is 11.2. The molecule has 2 amide bonds. The van der Waals surface area contributed by atoms with E-state index in [1.165, 1.54) is 11.0 Å². The van der Waals surface area contributed by atoms with E-state index in [1.807, 2.05) is 4.90 Å². The number of carbonyl (C=O) groups excluding carboxylic acids is 2. The Balaban J connectivity index is 1.34. The van der Waals surface area contributed by atoms with Crippen molar-refractivity contribution in [3.05, 3.63) is 69.8 Å². The summed E-state index contributed by atoms with van der Waals surface area (Å²) in [4.78, 5) is 41.2. The monoisotopic (exact) mass is 380 g/mol. The molecule has 0 bridgehead atoms. The van der Waals surface area contributed by atoms with E-state index in [2.05, 4.69) is 4.90 Å². The maximum Gasteiger partial charge on any atom is 0.292 e. The minimum Gasteiger partial charge on any atom is -0.363 e. The fourth-order valence-corrected chi connectivity index (χ4v) is 3.78. The van der Waals surface area contributed by atoms with Gasteiger partial charge in [0.15, 0.2) is 0 Å². The van der Waals surface area contributed by atoms with Crippen molar-refractivity contribution in [1.82, 2.24) is 9.80 Å². The molecule has 28 heavy (non-hydrogen) atoms. The molecule has 0 N–H and O–H groups in total. The van der Waals surface area contributed by atoms with Crippen LogP contribution in [-0.2, 0) is 0 Å². The molecular weight excluding hydrogens is 360 g/mol. The first-order chi connectivity index (χ1) is 13.6. The van der Waals surface area contributed by atoms with Gasteiger partial charge in [0.25, 0.3) is 17.5 Å². The highest BCUT2D eigenvalue weighted by molar-refractivity contribution is 6.21. The predicted molar refractivity (Wildman–Crippen MR) is 104 cm³/mol. The van der Waals surface area contributed by atoms with Crippen LogP contribution in [0.2, 0.25) is 0 Å². The molecule has 2 aromatic carbocycles. The van der Waals surface area contributed by atoms with Gasteiger partial charge in [-0.3, -0.25) is 29.5 Å². The van der Waals surface area contributed by atoms with Crippen LogP contribution in [0.5, 0.6) is 0 Å². The van der Waals surface area contributed by atoms with Crippen LogP contribution in [0.1, 0.15) is 20.7 Å². The van der Waals surface area contributed by atoms with E-state index in [0.717, 1.165) is 13.1 Å². The lowest BCUT2D eigenvalue weighted by Crippen LogP contribution is -2.49. The number of hydrogen-bond acceptors (Lipinski definition) is 6. The minimum absolute atomic E-state index is 0.113. The average Bonchev–Trinajstić information content (AvgIpc) is 2.97. The number of rotatable bonds is 5. The summed E-state index contributed by atoms with van der Waals surface area (Å²) in [5.41, 5.74) is 1.68. The highest BCUT2D eigenvalue weighted by Gasteiger charge is 2.35. The lowest BCUT2D eigenvalue weighted by Gasteiger charge is -2.36. The zero-order chi connectivity index (χ0) is 19.7. The van der Waals surface area contributed by atoms with E-state index in [1.54, 1.807) is 42.5 Å². The number of benzene rings is 2. The van der Waals surface area contributed by atoms with Gasteiger partial charge in [-0.05, 0) is 18.2 Å². The van der Waals surface area contributed by atoms with Crippen LogP contribution >= 0.6 is 0 Å². The van der Waals surface area contributed by atoms with Crippen LogP contribution in [0.15, 0.2) is 48.5 Å². The van der Waals surface area contributed by atoms with Crippen LogP contribution in [0.4, 0.5) is 11.4 Å². The van der Waals surface area contributed by atoms with Crippen molar-refractivity contribution in [2.24, 2.45) is 0 Å². The Morgan fingerprint density at radius 3 is 2.00 bits per heavy atom. The fourth-order valence-electron chi connectivity index (χ4n) is 3.78. The molecule has 0 atom stereocenters. The van der Waals surface area contributed by atoms with Gasteiger partial charge in [-0.1, -0.05) is 24.3 Å². The Morgan fingerprint density at radius 2 is 1.39 bits per heavy atom. The van der Waals surface area contributed by atoms with E-state index in [9.17, 15) is 19.7 Å². The van der Waals surface area contributed by atoms with Crippen molar-refractivity contribution >= 4 is 23.2 Å². The van der Waals surface area contributed by atoms with E-state index < -0.39 is 0 Å². The van der Waals surface area contributed by atoms with E-state index in [4.69, 9.17) is 0 Å². The SMILES string of the molecule is O=C1c2ccccc2C(=O)N1CCN1CCN(c2ccccc2[N+](=O)[O-])CC1. The number of nitro benzene ring substituents is 1. The van der Waals surface area contributed by atoms with Crippen LogP contribution in [0.3, 0.4) is 0 Å². The maximum atomic E-state index is 12.4. The van der Waals surface area contributed by atoms with Gasteiger partial charge in [0.1, 0.15) is 5.69 Å². The highest BCUT2D eigenvalue weighted by atomic mass is 16.6. The Hall–Kier alpha value is -3.26. The third-order valence-corrected chi connectivity index (χ3v) is 5.31. The molecule has 8 heteroatoms. The Kier molecular flexibility index (Phi) is 4.79. The summed E-state index contributed by atoms with van der Waals surface area (Å²) in [6.45, 7) is 3.69. The summed E-state index contributed by atoms with van der Waals surface area (Å²) < 4.78 is 0. The van der Waals surface area contributed by atoms with E-state index in [0.29, 0.717) is 43.0 Å². The van der Waals surface area contributed by atoms with Crippen molar-refractivity contribution in [3.63, 3.8) is 0 Å². The van der Waals surface area contributed by atoms with Crippen LogP contribution in [0, 0.1) is 10.1 Å². The van der Waals surface area contributed by atoms with Gasteiger partial charge in [-0.15, -0.1) is 0 Å². The fraction of sp³-hybridized carbons (Fsp3) is 0.300. The molecule has 4 rings (SSSR count). The molecule has 2 aliphatic rings. The topological polar surface area (TPSA) is 87.0 Å². The number of carbonyl (C=O) groups is 2. The second kappa shape index (κ2) is 7.40. The Labute approximate surface area is 162 Å². The second-order valence-corrected chi connectivity index (χ2v) is 6.88. The van der Waals surface area contributed by atoms with Crippen LogP contribution < -0.4 is 4.90 Å². The van der Waals surface area contributed by atoms with Gasteiger partial charge in [-0.25, -0.2) is 0 Å². The molecule has 8 nitrogen and oxygen atoms in total. The standard InChI is InChI=1S/C20H20N4O4/c25-19-15-5-1-2-6-16(15)20(26)23(19)14-11-21-9-12-22(13-10-21)17-7-3-4-8-18(17)24(27)28/h1-8H,9-14H2. The second-order valence-electron chi connectivity index (χ2n) is 6.88. The lowest BCUT2D eigenvalue weighted by atomic mass is 10.1. The smallest absolute Gasteiger partial charge is 0.292 e. The number of fused-ring (bicyclic) bond motifs is 1. The molecule has 0 aromatic heterocycles. The van der Waals surface area contributed by atoms with Crippen molar-refractivity contribution in [2.45, 2.75) is 0 Å². The van der Waals surface area contributed by atoms with Crippen molar-refractivity contribution in [2.75, 3.05) is 44.2 Å². The van der Waals surface area contributed by atoms with Crippen LogP contribution in [0.25, 0.3) is 0 Å². The summed E-state index contributed by atoms with van der Waals surface area (Å²) in [5.74, 6) is -0.474. The Bertz CT molecular complexity index is 902. The lowest BCUT2D eigenvalue weighted by molar-refractivity contribution is -0.384. The number of nitrogens with zero attached hydrogens (tertiary/aromatic N) is 4. The number of hydrogen-bond donors (Lipinski definition) is 0. The molecule has 1 saturated heterocycles. The summed E-state index contributed by atoms with van der Waals surface area (Å²) in [7, 11) is 0. The number of anilines is 1. The quantitative estimate of drug-likeness (QED) is 0.448. The molecule has 0 aliphatic carbocycles. The normalized spacial score (nSPS) is 17.1. The first kappa shape index (κ1) is 18.1. The molecule has 0 spiro atoms. The molecule has 0 unspecified atom stereocenters. The number of piperazine rings is 1. The molecule has 144 valence electrons. The first-order valence-corrected chi connectivity index (χ1v) is 9.22. The van der Waals surface area contributed by atoms with Gasteiger partial charge >= 0.3 is 0 Å². The van der Waals surface area contributed by atoms with Crippen molar-refractivity contribution in [3.8, 4) is 0 Å². The summed E-state index contributed by atoms with van der Waals surface area (Å²) in [6.07, 6.45) is 0. The summed E-state index contributed by atoms with van der Waals surface area (Å²) >= 11 is 0. The number of para-hydroxylation sites is 2. The highest BCUT2D eigenvalue weighted by Crippen LogP contribution is 2.28. The Morgan fingerprint density at radius 1 is 0.821 bits per heavy atom. The molecule has 2 aliphatic heterocycles. The molecular formula is C20H20N4O4. The number of nitro groups is 1. The molecule has 1 fully saturated rings. The van der Waals surface area contributed by atoms with E-state index >= 15 is 0 Å². The zero-order valence-corrected chi connectivity index (χ0v) is 15.3. The zero-order valence-electron chi connectivity index (χ0n) is 15.3. The van der Waals surface area contributed by atoms with Gasteiger partial charge < -0.3 is 4.90 Å². The van der Waals surface area contributed by atoms with Gasteiger partial charge in [0.2, 0.25) is 0 Å².